The van der Waals surface area contributed by atoms with E-state index in [2.05, 4.69) is 6.58 Å². The van der Waals surface area contributed by atoms with E-state index >= 15 is 0 Å². The fraction of sp³-hybridized carbons (Fsp3) is 0.240. The van der Waals surface area contributed by atoms with Crippen LogP contribution >= 0.6 is 0 Å². The molecule has 5 heteroatoms. The highest BCUT2D eigenvalue weighted by Gasteiger charge is 2.53. The number of allylic oxidation sites excluding steroid dienone is 1. The second-order valence-electron chi connectivity index (χ2n) is 7.85. The summed E-state index contributed by atoms with van der Waals surface area (Å²) in [5.74, 6) is 0.958. The summed E-state index contributed by atoms with van der Waals surface area (Å²) in [6, 6.07) is 11.9. The molecule has 0 N–H and O–H groups in total. The Kier molecular flexibility index (Phi) is 4.69. The Morgan fingerprint density at radius 1 is 0.933 bits per heavy atom. The standard InChI is InChI=1S/C25H26N2O3/c1-7-9-19-18(8-2)24(28)30-25(19)20-12-10-16(26(3)4)14-22(20)29-23-15-17(27(5)6)11-13-21(23)25/h7-15H,2H2,1,3-6H3/b9-7-. The summed E-state index contributed by atoms with van der Waals surface area (Å²) in [4.78, 5) is 16.9. The van der Waals surface area contributed by atoms with E-state index in [1.807, 2.05) is 93.5 Å². The first-order valence-electron chi connectivity index (χ1n) is 9.88. The number of anilines is 2. The van der Waals surface area contributed by atoms with Gasteiger partial charge in [0.1, 0.15) is 11.5 Å². The molecule has 0 amide bonds. The number of esters is 1. The van der Waals surface area contributed by atoms with Gasteiger partial charge in [-0.05, 0) is 31.2 Å². The number of rotatable bonds is 4. The Morgan fingerprint density at radius 2 is 1.47 bits per heavy atom. The second-order valence-corrected chi connectivity index (χ2v) is 7.85. The molecule has 2 aromatic rings. The monoisotopic (exact) mass is 402 g/mol. The normalized spacial score (nSPS) is 16.2. The molecule has 0 fully saturated rings. The lowest BCUT2D eigenvalue weighted by atomic mass is 9.76. The number of carbonyl (C=O) groups excluding carboxylic acids is 1. The topological polar surface area (TPSA) is 42.0 Å². The number of nitrogens with zero attached hydrogens (tertiary/aromatic N) is 2. The van der Waals surface area contributed by atoms with E-state index in [4.69, 9.17) is 9.47 Å². The van der Waals surface area contributed by atoms with Crippen LogP contribution in [0.4, 0.5) is 11.4 Å². The Morgan fingerprint density at radius 3 is 1.90 bits per heavy atom. The highest BCUT2D eigenvalue weighted by molar-refractivity contribution is 5.98. The minimum atomic E-state index is -1.08. The number of benzene rings is 2. The van der Waals surface area contributed by atoms with E-state index in [-0.39, 0.29) is 5.97 Å². The molecule has 0 atom stereocenters. The van der Waals surface area contributed by atoms with Crippen molar-refractivity contribution in [3.63, 3.8) is 0 Å². The van der Waals surface area contributed by atoms with Crippen LogP contribution in [0.3, 0.4) is 0 Å². The van der Waals surface area contributed by atoms with Gasteiger partial charge in [0, 0.05) is 68.4 Å². The van der Waals surface area contributed by atoms with Gasteiger partial charge < -0.3 is 19.3 Å². The number of fused-ring (bicyclic) bond motifs is 4. The van der Waals surface area contributed by atoms with Gasteiger partial charge in [0.2, 0.25) is 0 Å². The Hall–Kier alpha value is -3.47. The molecule has 154 valence electrons. The van der Waals surface area contributed by atoms with Gasteiger partial charge >= 0.3 is 5.97 Å². The lowest BCUT2D eigenvalue weighted by Gasteiger charge is -2.38. The molecule has 0 bridgehead atoms. The molecule has 0 radical (unpaired) electrons. The van der Waals surface area contributed by atoms with Crippen molar-refractivity contribution in [3.8, 4) is 11.5 Å². The lowest BCUT2D eigenvalue weighted by molar-refractivity contribution is -0.144. The molecule has 0 saturated carbocycles. The van der Waals surface area contributed by atoms with Crippen LogP contribution in [0.15, 0.2) is 72.4 Å². The molecule has 2 heterocycles. The first-order valence-corrected chi connectivity index (χ1v) is 9.88. The molecule has 2 aliphatic rings. The van der Waals surface area contributed by atoms with Gasteiger partial charge in [-0.25, -0.2) is 4.79 Å². The van der Waals surface area contributed by atoms with Crippen LogP contribution in [-0.4, -0.2) is 34.2 Å². The molecule has 5 nitrogen and oxygen atoms in total. The van der Waals surface area contributed by atoms with Crippen LogP contribution in [0.25, 0.3) is 0 Å². The fourth-order valence-corrected chi connectivity index (χ4v) is 4.11. The molecule has 0 aromatic heterocycles. The van der Waals surface area contributed by atoms with Crippen molar-refractivity contribution in [1.82, 2.24) is 0 Å². The third-order valence-corrected chi connectivity index (χ3v) is 5.61. The molecule has 0 unspecified atom stereocenters. The van der Waals surface area contributed by atoms with E-state index in [0.29, 0.717) is 17.1 Å². The average Bonchev–Trinajstić information content (AvgIpc) is 2.99. The predicted octanol–water partition coefficient (Wildman–Crippen LogP) is 4.78. The zero-order valence-corrected chi connectivity index (χ0v) is 18.0. The van der Waals surface area contributed by atoms with E-state index in [1.54, 1.807) is 6.08 Å². The van der Waals surface area contributed by atoms with Crippen molar-refractivity contribution in [2.45, 2.75) is 12.5 Å². The summed E-state index contributed by atoms with van der Waals surface area (Å²) in [7, 11) is 7.92. The molecule has 0 saturated heterocycles. The largest absolute Gasteiger partial charge is 0.456 e. The summed E-state index contributed by atoms with van der Waals surface area (Å²) < 4.78 is 12.5. The zero-order valence-electron chi connectivity index (χ0n) is 18.0. The average molecular weight is 402 g/mol. The van der Waals surface area contributed by atoms with Crippen molar-refractivity contribution in [3.05, 3.63) is 83.5 Å². The third kappa shape index (κ3) is 2.73. The fourth-order valence-electron chi connectivity index (χ4n) is 4.11. The summed E-state index contributed by atoms with van der Waals surface area (Å²) in [5.41, 5.74) is 3.77. The first-order chi connectivity index (χ1) is 14.3. The molecule has 30 heavy (non-hydrogen) atoms. The summed E-state index contributed by atoms with van der Waals surface area (Å²) in [6.45, 7) is 5.78. The highest BCUT2D eigenvalue weighted by Crippen LogP contribution is 2.57. The zero-order chi connectivity index (χ0) is 21.6. The van der Waals surface area contributed by atoms with Gasteiger partial charge in [0.15, 0.2) is 5.60 Å². The van der Waals surface area contributed by atoms with Gasteiger partial charge in [0.25, 0.3) is 0 Å². The van der Waals surface area contributed by atoms with E-state index in [1.165, 1.54) is 0 Å². The van der Waals surface area contributed by atoms with Crippen LogP contribution < -0.4 is 14.5 Å². The van der Waals surface area contributed by atoms with Gasteiger partial charge in [0.05, 0.1) is 5.57 Å². The summed E-state index contributed by atoms with van der Waals surface area (Å²) in [5, 5.41) is 0. The van der Waals surface area contributed by atoms with E-state index in [0.717, 1.165) is 28.1 Å². The summed E-state index contributed by atoms with van der Waals surface area (Å²) >= 11 is 0. The van der Waals surface area contributed by atoms with Gasteiger partial charge in [-0.15, -0.1) is 0 Å². The second kappa shape index (κ2) is 7.10. The van der Waals surface area contributed by atoms with Crippen molar-refractivity contribution in [2.75, 3.05) is 38.0 Å². The lowest BCUT2D eigenvalue weighted by Crippen LogP contribution is -2.34. The number of ether oxygens (including phenoxy) is 2. The van der Waals surface area contributed by atoms with E-state index in [9.17, 15) is 4.79 Å². The van der Waals surface area contributed by atoms with Crippen LogP contribution in [0.5, 0.6) is 11.5 Å². The predicted molar refractivity (Wildman–Crippen MR) is 121 cm³/mol. The quantitative estimate of drug-likeness (QED) is 0.689. The maximum atomic E-state index is 12.9. The van der Waals surface area contributed by atoms with Crippen LogP contribution in [0, 0.1) is 0 Å². The Labute approximate surface area is 177 Å². The Balaban J connectivity index is 2.07. The third-order valence-electron chi connectivity index (χ3n) is 5.61. The number of carbonyl (C=O) groups is 1. The smallest absolute Gasteiger partial charge is 0.340 e. The SMILES string of the molecule is C=CC1=C(/C=C\C)C2(OC1=O)c1ccc(N(C)C)cc1Oc1cc(N(C)C)ccc12. The van der Waals surface area contributed by atoms with Gasteiger partial charge in [-0.1, -0.05) is 24.8 Å². The van der Waals surface area contributed by atoms with Gasteiger partial charge in [-0.2, -0.15) is 0 Å². The number of hydrogen-bond acceptors (Lipinski definition) is 5. The molecule has 0 aliphatic carbocycles. The minimum absolute atomic E-state index is 0.384. The van der Waals surface area contributed by atoms with Crippen molar-refractivity contribution >= 4 is 17.3 Å². The minimum Gasteiger partial charge on any atom is -0.456 e. The molecule has 4 rings (SSSR count). The van der Waals surface area contributed by atoms with Crippen LogP contribution in [-0.2, 0) is 15.1 Å². The first kappa shape index (κ1) is 19.8. The van der Waals surface area contributed by atoms with Crippen molar-refractivity contribution < 1.29 is 14.3 Å². The molecule has 2 aromatic carbocycles. The molecular weight excluding hydrogens is 376 g/mol. The van der Waals surface area contributed by atoms with Crippen LogP contribution in [0.2, 0.25) is 0 Å². The van der Waals surface area contributed by atoms with Gasteiger partial charge in [-0.3, -0.25) is 0 Å². The Bertz CT molecular complexity index is 1050. The molecule has 2 aliphatic heterocycles. The molecule has 1 spiro atoms. The maximum Gasteiger partial charge on any atom is 0.340 e. The summed E-state index contributed by atoms with van der Waals surface area (Å²) in [6.07, 6.45) is 5.42. The van der Waals surface area contributed by atoms with E-state index < -0.39 is 5.60 Å². The van der Waals surface area contributed by atoms with Crippen molar-refractivity contribution in [2.24, 2.45) is 0 Å². The van der Waals surface area contributed by atoms with Crippen LogP contribution in [0.1, 0.15) is 18.1 Å². The molecular formula is C25H26N2O3. The number of hydrogen-bond donors (Lipinski definition) is 0. The van der Waals surface area contributed by atoms with Crippen molar-refractivity contribution in [1.29, 1.82) is 0 Å². The maximum absolute atomic E-state index is 12.9. The highest BCUT2D eigenvalue weighted by atomic mass is 16.6.